The number of aliphatic hydroxyl groups excluding tert-OH is 1. The Labute approximate surface area is 143 Å². The minimum Gasteiger partial charge on any atom is -0.449 e. The van der Waals surface area contributed by atoms with E-state index < -0.39 is 6.10 Å². The van der Waals surface area contributed by atoms with Crippen molar-refractivity contribution in [2.45, 2.75) is 25.5 Å². The number of nitrogens with zero attached hydrogens (tertiary/aromatic N) is 2. The Morgan fingerprint density at radius 1 is 1.28 bits per heavy atom. The number of carbonyl (C=O) groups excluding carboxylic acids is 1. The molecule has 25 heavy (non-hydrogen) atoms. The van der Waals surface area contributed by atoms with Crippen LogP contribution in [0.25, 0.3) is 11.1 Å². The monoisotopic (exact) mass is 340 g/mol. The standard InChI is InChI=1S/C19H17FN2O3/c1-11-2-7-17-15(21-11)9-18(25-17)19(24)22-10-14(23)8-16(22)12-3-5-13(20)6-4-12/h2-7,9,14,16,23H,8,10H2,1H3/t14-,16+/m0/s1. The van der Waals surface area contributed by atoms with E-state index in [0.29, 0.717) is 17.5 Å². The number of amides is 1. The van der Waals surface area contributed by atoms with Crippen LogP contribution in [0.15, 0.2) is 46.9 Å². The summed E-state index contributed by atoms with van der Waals surface area (Å²) in [5.41, 5.74) is 2.80. The Kier molecular flexibility index (Phi) is 3.77. The Hall–Kier alpha value is -2.73. The molecule has 0 saturated carbocycles. The molecule has 2 atom stereocenters. The third kappa shape index (κ3) is 2.89. The second-order valence-corrected chi connectivity index (χ2v) is 6.36. The van der Waals surface area contributed by atoms with Gasteiger partial charge in [-0.05, 0) is 43.2 Å². The highest BCUT2D eigenvalue weighted by atomic mass is 19.1. The van der Waals surface area contributed by atoms with E-state index in [4.69, 9.17) is 4.42 Å². The third-order valence-electron chi connectivity index (χ3n) is 4.52. The Bertz CT molecular complexity index is 935. The number of aliphatic hydroxyl groups is 1. The molecule has 1 fully saturated rings. The van der Waals surface area contributed by atoms with E-state index in [1.807, 2.05) is 13.0 Å². The summed E-state index contributed by atoms with van der Waals surface area (Å²) < 4.78 is 18.8. The topological polar surface area (TPSA) is 66.6 Å². The smallest absolute Gasteiger partial charge is 0.290 e. The van der Waals surface area contributed by atoms with E-state index in [2.05, 4.69) is 4.98 Å². The molecule has 0 bridgehead atoms. The number of rotatable bonds is 2. The van der Waals surface area contributed by atoms with Crippen LogP contribution in [0.3, 0.4) is 0 Å². The maximum absolute atomic E-state index is 13.2. The fraction of sp³-hybridized carbons (Fsp3) is 0.263. The number of hydrogen-bond acceptors (Lipinski definition) is 4. The van der Waals surface area contributed by atoms with E-state index in [0.717, 1.165) is 11.3 Å². The zero-order valence-electron chi connectivity index (χ0n) is 13.6. The van der Waals surface area contributed by atoms with Crippen molar-refractivity contribution in [2.24, 2.45) is 0 Å². The Balaban J connectivity index is 1.67. The molecule has 0 aliphatic carbocycles. The fourth-order valence-corrected chi connectivity index (χ4v) is 3.31. The number of aromatic nitrogens is 1. The molecule has 3 aromatic rings. The van der Waals surface area contributed by atoms with Gasteiger partial charge in [-0.1, -0.05) is 12.1 Å². The number of benzene rings is 1. The number of likely N-dealkylation sites (tertiary alicyclic amines) is 1. The zero-order valence-corrected chi connectivity index (χ0v) is 13.6. The van der Waals surface area contributed by atoms with Crippen LogP contribution in [0, 0.1) is 12.7 Å². The molecule has 1 aliphatic rings. The molecule has 128 valence electrons. The van der Waals surface area contributed by atoms with Gasteiger partial charge in [0.2, 0.25) is 0 Å². The molecule has 1 saturated heterocycles. The lowest BCUT2D eigenvalue weighted by atomic mass is 10.0. The molecule has 1 aromatic carbocycles. The molecule has 2 aromatic heterocycles. The minimum absolute atomic E-state index is 0.189. The first-order chi connectivity index (χ1) is 12.0. The molecule has 3 heterocycles. The number of furan rings is 1. The number of carbonyl (C=O) groups is 1. The Morgan fingerprint density at radius 3 is 2.80 bits per heavy atom. The summed E-state index contributed by atoms with van der Waals surface area (Å²) in [6, 6.07) is 10.9. The van der Waals surface area contributed by atoms with Crippen LogP contribution >= 0.6 is 0 Å². The van der Waals surface area contributed by atoms with E-state index in [1.54, 1.807) is 29.2 Å². The number of halogens is 1. The van der Waals surface area contributed by atoms with Gasteiger partial charge in [0.15, 0.2) is 11.3 Å². The SMILES string of the molecule is Cc1ccc2oc(C(=O)N3C[C@@H](O)C[C@@H]3c3ccc(F)cc3)cc2n1. The van der Waals surface area contributed by atoms with Gasteiger partial charge in [0.25, 0.3) is 5.91 Å². The van der Waals surface area contributed by atoms with Crippen molar-refractivity contribution < 1.29 is 18.7 Å². The Morgan fingerprint density at radius 2 is 2.04 bits per heavy atom. The van der Waals surface area contributed by atoms with Crippen molar-refractivity contribution in [1.82, 2.24) is 9.88 Å². The first-order valence-corrected chi connectivity index (χ1v) is 8.13. The predicted octanol–water partition coefficient (Wildman–Crippen LogP) is 3.22. The number of β-amino-alcohol motifs (C(OH)–C–C–N with tert-alkyl or cyclic N) is 1. The predicted molar refractivity (Wildman–Crippen MR) is 89.5 cm³/mol. The first-order valence-electron chi connectivity index (χ1n) is 8.13. The van der Waals surface area contributed by atoms with Gasteiger partial charge in [-0.2, -0.15) is 0 Å². The molecule has 0 radical (unpaired) electrons. The lowest BCUT2D eigenvalue weighted by Crippen LogP contribution is -2.31. The fourth-order valence-electron chi connectivity index (χ4n) is 3.31. The summed E-state index contributed by atoms with van der Waals surface area (Å²) in [5, 5.41) is 10.0. The lowest BCUT2D eigenvalue weighted by Gasteiger charge is -2.23. The van der Waals surface area contributed by atoms with Gasteiger partial charge < -0.3 is 14.4 Å². The minimum atomic E-state index is -0.622. The maximum atomic E-state index is 13.2. The number of fused-ring (bicyclic) bond motifs is 1. The second-order valence-electron chi connectivity index (χ2n) is 6.36. The van der Waals surface area contributed by atoms with Gasteiger partial charge in [0, 0.05) is 18.3 Å². The zero-order chi connectivity index (χ0) is 17.6. The highest BCUT2D eigenvalue weighted by Crippen LogP contribution is 2.34. The van der Waals surface area contributed by atoms with Crippen molar-refractivity contribution in [3.05, 3.63) is 65.3 Å². The van der Waals surface area contributed by atoms with Gasteiger partial charge >= 0.3 is 0 Å². The quantitative estimate of drug-likeness (QED) is 0.778. The van der Waals surface area contributed by atoms with Crippen molar-refractivity contribution >= 4 is 17.0 Å². The summed E-state index contributed by atoms with van der Waals surface area (Å²) in [6.45, 7) is 2.08. The second kappa shape index (κ2) is 5.97. The van der Waals surface area contributed by atoms with E-state index >= 15 is 0 Å². The average Bonchev–Trinajstić information content (AvgIpc) is 3.18. The molecule has 1 aliphatic heterocycles. The van der Waals surface area contributed by atoms with Crippen molar-refractivity contribution in [3.8, 4) is 0 Å². The van der Waals surface area contributed by atoms with Gasteiger partial charge in [-0.15, -0.1) is 0 Å². The van der Waals surface area contributed by atoms with Crippen LogP contribution in [-0.2, 0) is 0 Å². The molecule has 1 amide bonds. The molecule has 0 unspecified atom stereocenters. The molecule has 6 heteroatoms. The van der Waals surface area contributed by atoms with E-state index in [1.165, 1.54) is 12.1 Å². The maximum Gasteiger partial charge on any atom is 0.290 e. The van der Waals surface area contributed by atoms with Gasteiger partial charge in [-0.3, -0.25) is 4.79 Å². The summed E-state index contributed by atoms with van der Waals surface area (Å²) in [6.07, 6.45) is -0.210. The third-order valence-corrected chi connectivity index (χ3v) is 4.52. The van der Waals surface area contributed by atoms with Crippen molar-refractivity contribution in [3.63, 3.8) is 0 Å². The summed E-state index contributed by atoms with van der Waals surface area (Å²) in [4.78, 5) is 18.8. The highest BCUT2D eigenvalue weighted by Gasteiger charge is 2.37. The van der Waals surface area contributed by atoms with E-state index in [-0.39, 0.29) is 30.1 Å². The van der Waals surface area contributed by atoms with Crippen LogP contribution in [0.2, 0.25) is 0 Å². The van der Waals surface area contributed by atoms with Crippen LogP contribution < -0.4 is 0 Å². The van der Waals surface area contributed by atoms with Crippen LogP contribution in [0.4, 0.5) is 4.39 Å². The first kappa shape index (κ1) is 15.8. The van der Waals surface area contributed by atoms with Gasteiger partial charge in [-0.25, -0.2) is 9.37 Å². The molecular formula is C19H17FN2O3. The molecule has 1 N–H and O–H groups in total. The lowest BCUT2D eigenvalue weighted by molar-refractivity contribution is 0.0686. The van der Waals surface area contributed by atoms with Gasteiger partial charge in [0.1, 0.15) is 11.3 Å². The summed E-state index contributed by atoms with van der Waals surface area (Å²) in [7, 11) is 0. The van der Waals surface area contributed by atoms with Crippen molar-refractivity contribution in [2.75, 3.05) is 6.54 Å². The summed E-state index contributed by atoms with van der Waals surface area (Å²) in [5.74, 6) is -0.449. The van der Waals surface area contributed by atoms with Crippen molar-refractivity contribution in [1.29, 1.82) is 0 Å². The largest absolute Gasteiger partial charge is 0.449 e. The summed E-state index contributed by atoms with van der Waals surface area (Å²) >= 11 is 0. The van der Waals surface area contributed by atoms with E-state index in [9.17, 15) is 14.3 Å². The molecular weight excluding hydrogens is 323 g/mol. The van der Waals surface area contributed by atoms with Crippen LogP contribution in [0.1, 0.15) is 34.3 Å². The van der Waals surface area contributed by atoms with Crippen LogP contribution in [-0.4, -0.2) is 33.5 Å². The normalized spacial score (nSPS) is 20.4. The number of hydrogen-bond donors (Lipinski definition) is 1. The molecule has 4 rings (SSSR count). The molecule has 5 nitrogen and oxygen atoms in total. The average molecular weight is 340 g/mol. The highest BCUT2D eigenvalue weighted by molar-refractivity contribution is 5.95. The molecule has 0 spiro atoms. The number of pyridine rings is 1. The number of aryl methyl sites for hydroxylation is 1. The van der Waals surface area contributed by atoms with Crippen LogP contribution in [0.5, 0.6) is 0 Å². The van der Waals surface area contributed by atoms with Gasteiger partial charge in [0.05, 0.1) is 12.1 Å².